The van der Waals surface area contributed by atoms with Crippen LogP contribution in [0.2, 0.25) is 0 Å². The zero-order chi connectivity index (χ0) is 11.3. The van der Waals surface area contributed by atoms with Gasteiger partial charge in [0.25, 0.3) is 0 Å². The molecule has 2 unspecified atom stereocenters. The molecule has 1 amide bonds. The van der Waals surface area contributed by atoms with E-state index in [1.54, 1.807) is 0 Å². The van der Waals surface area contributed by atoms with Gasteiger partial charge < -0.3 is 15.0 Å². The molecule has 1 fully saturated rings. The van der Waals surface area contributed by atoms with Gasteiger partial charge in [0.1, 0.15) is 6.61 Å². The Morgan fingerprint density at radius 1 is 1.53 bits per heavy atom. The van der Waals surface area contributed by atoms with Gasteiger partial charge in [-0.1, -0.05) is 6.92 Å². The summed E-state index contributed by atoms with van der Waals surface area (Å²) < 4.78 is 5.27. The van der Waals surface area contributed by atoms with Gasteiger partial charge >= 0.3 is 0 Å². The number of rotatable bonds is 4. The van der Waals surface area contributed by atoms with Crippen molar-refractivity contribution in [2.75, 3.05) is 26.3 Å². The normalized spacial score (nSPS) is 26.7. The van der Waals surface area contributed by atoms with E-state index in [0.717, 1.165) is 19.5 Å². The Kier molecular flexibility index (Phi) is 5.05. The molecule has 0 bridgehead atoms. The van der Waals surface area contributed by atoms with Crippen molar-refractivity contribution in [1.82, 2.24) is 10.2 Å². The van der Waals surface area contributed by atoms with E-state index >= 15 is 0 Å². The summed E-state index contributed by atoms with van der Waals surface area (Å²) in [5.41, 5.74) is 0. The van der Waals surface area contributed by atoms with Crippen LogP contribution in [0.25, 0.3) is 0 Å². The third-order valence-electron chi connectivity index (χ3n) is 2.66. The van der Waals surface area contributed by atoms with Gasteiger partial charge in [-0.3, -0.25) is 4.79 Å². The molecule has 0 aliphatic carbocycles. The Morgan fingerprint density at radius 2 is 2.27 bits per heavy atom. The molecule has 0 spiro atoms. The molecule has 0 saturated carbocycles. The lowest BCUT2D eigenvalue weighted by Gasteiger charge is -2.37. The van der Waals surface area contributed by atoms with Crippen LogP contribution in [-0.2, 0) is 9.53 Å². The van der Waals surface area contributed by atoms with E-state index in [1.807, 2.05) is 11.8 Å². The predicted octanol–water partition coefficient (Wildman–Crippen LogP) is 0.622. The highest BCUT2D eigenvalue weighted by atomic mass is 16.5. The Hall–Kier alpha value is -0.610. The number of nitrogens with one attached hydrogen (secondary N) is 1. The van der Waals surface area contributed by atoms with Crippen molar-refractivity contribution in [1.29, 1.82) is 0 Å². The molecular weight excluding hydrogens is 192 g/mol. The minimum Gasteiger partial charge on any atom is -0.372 e. The summed E-state index contributed by atoms with van der Waals surface area (Å²) in [6, 6.07) is 0.662. The lowest BCUT2D eigenvalue weighted by atomic mass is 10.1. The molecule has 88 valence electrons. The second kappa shape index (κ2) is 6.08. The SMILES string of the molecule is CCCOCC(=O)N1CC(C)NCC1C. The minimum atomic E-state index is 0.115. The lowest BCUT2D eigenvalue weighted by Crippen LogP contribution is -2.57. The van der Waals surface area contributed by atoms with Crippen LogP contribution in [0.3, 0.4) is 0 Å². The van der Waals surface area contributed by atoms with Crippen molar-refractivity contribution in [3.05, 3.63) is 0 Å². The Balaban J connectivity index is 2.35. The van der Waals surface area contributed by atoms with E-state index in [0.29, 0.717) is 12.6 Å². The summed E-state index contributed by atoms with van der Waals surface area (Å²) in [4.78, 5) is 13.7. The molecule has 0 aromatic carbocycles. The fourth-order valence-corrected chi connectivity index (χ4v) is 1.76. The number of carbonyl (C=O) groups is 1. The maximum absolute atomic E-state index is 11.8. The van der Waals surface area contributed by atoms with Gasteiger partial charge in [0, 0.05) is 31.8 Å². The van der Waals surface area contributed by atoms with E-state index in [4.69, 9.17) is 4.74 Å². The monoisotopic (exact) mass is 214 g/mol. The standard InChI is InChI=1S/C11H22N2O2/c1-4-5-15-8-11(14)13-7-9(2)12-6-10(13)3/h9-10,12H,4-8H2,1-3H3. The molecule has 1 heterocycles. The first-order valence-electron chi connectivity index (χ1n) is 5.75. The molecule has 0 aromatic heterocycles. The summed E-state index contributed by atoms with van der Waals surface area (Å²) >= 11 is 0. The molecule has 1 saturated heterocycles. The summed E-state index contributed by atoms with van der Waals surface area (Å²) in [7, 11) is 0. The number of piperazine rings is 1. The summed E-state index contributed by atoms with van der Waals surface area (Å²) in [6.07, 6.45) is 0.959. The number of hydrogen-bond donors (Lipinski definition) is 1. The molecule has 1 aliphatic rings. The average molecular weight is 214 g/mol. The van der Waals surface area contributed by atoms with Crippen LogP contribution >= 0.6 is 0 Å². The van der Waals surface area contributed by atoms with Crippen LogP contribution in [0.15, 0.2) is 0 Å². The highest BCUT2D eigenvalue weighted by Gasteiger charge is 2.26. The fraction of sp³-hybridized carbons (Fsp3) is 0.909. The molecule has 2 atom stereocenters. The largest absolute Gasteiger partial charge is 0.372 e. The van der Waals surface area contributed by atoms with Crippen LogP contribution < -0.4 is 5.32 Å². The van der Waals surface area contributed by atoms with Crippen LogP contribution in [-0.4, -0.2) is 49.2 Å². The van der Waals surface area contributed by atoms with Crippen molar-refractivity contribution < 1.29 is 9.53 Å². The van der Waals surface area contributed by atoms with E-state index in [-0.39, 0.29) is 18.6 Å². The second-order valence-electron chi connectivity index (χ2n) is 4.26. The van der Waals surface area contributed by atoms with Crippen molar-refractivity contribution >= 4 is 5.91 Å². The zero-order valence-electron chi connectivity index (χ0n) is 9.95. The number of amides is 1. The number of ether oxygens (including phenoxy) is 1. The van der Waals surface area contributed by atoms with E-state index in [9.17, 15) is 4.79 Å². The second-order valence-corrected chi connectivity index (χ2v) is 4.26. The van der Waals surface area contributed by atoms with E-state index in [1.165, 1.54) is 0 Å². The quantitative estimate of drug-likeness (QED) is 0.698. The maximum atomic E-state index is 11.8. The van der Waals surface area contributed by atoms with Gasteiger partial charge in [-0.2, -0.15) is 0 Å². The fourth-order valence-electron chi connectivity index (χ4n) is 1.76. The summed E-state index contributed by atoms with van der Waals surface area (Å²) in [5.74, 6) is 0.115. The predicted molar refractivity (Wildman–Crippen MR) is 59.7 cm³/mol. The average Bonchev–Trinajstić information content (AvgIpc) is 2.22. The molecule has 4 nitrogen and oxygen atoms in total. The summed E-state index contributed by atoms with van der Waals surface area (Å²) in [5, 5.41) is 3.35. The van der Waals surface area contributed by atoms with Gasteiger partial charge in [0.05, 0.1) is 0 Å². The number of carbonyl (C=O) groups excluding carboxylic acids is 1. The first-order valence-corrected chi connectivity index (χ1v) is 5.75. The summed E-state index contributed by atoms with van der Waals surface area (Å²) in [6.45, 7) is 8.76. The third-order valence-corrected chi connectivity index (χ3v) is 2.66. The Labute approximate surface area is 92.0 Å². The Bertz CT molecular complexity index is 209. The molecular formula is C11H22N2O2. The van der Waals surface area contributed by atoms with Crippen molar-refractivity contribution in [3.8, 4) is 0 Å². The molecule has 1 N–H and O–H groups in total. The molecule has 1 rings (SSSR count). The van der Waals surface area contributed by atoms with Gasteiger partial charge in [-0.05, 0) is 20.3 Å². The Morgan fingerprint density at radius 3 is 2.93 bits per heavy atom. The van der Waals surface area contributed by atoms with Crippen LogP contribution in [0, 0.1) is 0 Å². The first kappa shape index (κ1) is 12.5. The molecule has 15 heavy (non-hydrogen) atoms. The molecule has 1 aliphatic heterocycles. The first-order chi connectivity index (χ1) is 7.15. The topological polar surface area (TPSA) is 41.6 Å². The van der Waals surface area contributed by atoms with Crippen molar-refractivity contribution in [2.45, 2.75) is 39.3 Å². The highest BCUT2D eigenvalue weighted by molar-refractivity contribution is 5.78. The van der Waals surface area contributed by atoms with Crippen molar-refractivity contribution in [3.63, 3.8) is 0 Å². The van der Waals surface area contributed by atoms with Crippen LogP contribution in [0.4, 0.5) is 0 Å². The highest BCUT2D eigenvalue weighted by Crippen LogP contribution is 2.06. The number of nitrogens with zero attached hydrogens (tertiary/aromatic N) is 1. The van der Waals surface area contributed by atoms with E-state index < -0.39 is 0 Å². The zero-order valence-corrected chi connectivity index (χ0v) is 9.95. The number of hydrogen-bond acceptors (Lipinski definition) is 3. The lowest BCUT2D eigenvalue weighted by molar-refractivity contribution is -0.139. The van der Waals surface area contributed by atoms with Gasteiger partial charge in [0.15, 0.2) is 0 Å². The minimum absolute atomic E-state index is 0.115. The molecule has 0 aromatic rings. The molecule has 4 heteroatoms. The molecule has 0 radical (unpaired) electrons. The van der Waals surface area contributed by atoms with Gasteiger partial charge in [0.2, 0.25) is 5.91 Å². The van der Waals surface area contributed by atoms with Gasteiger partial charge in [-0.15, -0.1) is 0 Å². The van der Waals surface area contributed by atoms with Crippen LogP contribution in [0.5, 0.6) is 0 Å². The maximum Gasteiger partial charge on any atom is 0.248 e. The van der Waals surface area contributed by atoms with Crippen molar-refractivity contribution in [2.24, 2.45) is 0 Å². The van der Waals surface area contributed by atoms with Crippen LogP contribution in [0.1, 0.15) is 27.2 Å². The third kappa shape index (κ3) is 3.80. The smallest absolute Gasteiger partial charge is 0.248 e. The van der Waals surface area contributed by atoms with Gasteiger partial charge in [-0.25, -0.2) is 0 Å². The van der Waals surface area contributed by atoms with E-state index in [2.05, 4.69) is 19.2 Å².